The molecule has 0 aliphatic carbocycles. The van der Waals surface area contributed by atoms with E-state index >= 15 is 0 Å². The number of hydrogen-bond acceptors (Lipinski definition) is 2. The van der Waals surface area contributed by atoms with E-state index < -0.39 is 12.1 Å². The molecule has 9 heteroatoms. The van der Waals surface area contributed by atoms with E-state index in [1.54, 1.807) is 36.5 Å². The van der Waals surface area contributed by atoms with Gasteiger partial charge in [0.2, 0.25) is 0 Å². The Balaban J connectivity index is 1.89. The van der Waals surface area contributed by atoms with Gasteiger partial charge < -0.3 is 4.98 Å². The van der Waals surface area contributed by atoms with E-state index in [9.17, 15) is 13.6 Å². The molecule has 0 bridgehead atoms. The monoisotopic (exact) mass is 486 g/mol. The van der Waals surface area contributed by atoms with Gasteiger partial charge in [0.05, 0.1) is 16.2 Å². The minimum Gasteiger partial charge on any atom is -0.307 e. The lowest BCUT2D eigenvalue weighted by atomic mass is 9.98. The van der Waals surface area contributed by atoms with Crippen molar-refractivity contribution in [3.05, 3.63) is 74.6 Å². The minimum atomic E-state index is -2.84. The molecule has 0 aliphatic heterocycles. The van der Waals surface area contributed by atoms with E-state index in [-0.39, 0.29) is 11.2 Å². The molecule has 0 fully saturated rings. The van der Waals surface area contributed by atoms with Crippen LogP contribution in [0.4, 0.5) is 8.78 Å². The van der Waals surface area contributed by atoms with Crippen molar-refractivity contribution in [2.75, 3.05) is 0 Å². The van der Waals surface area contributed by atoms with Gasteiger partial charge in [0.15, 0.2) is 0 Å². The third-order valence-corrected chi connectivity index (χ3v) is 6.49. The molecule has 0 radical (unpaired) electrons. The van der Waals surface area contributed by atoms with Crippen LogP contribution in [0.15, 0.2) is 53.5 Å². The second-order valence-corrected chi connectivity index (χ2v) is 8.55. The first-order valence-corrected chi connectivity index (χ1v) is 11.0. The summed E-state index contributed by atoms with van der Waals surface area (Å²) in [6.45, 7) is 1.71. The molecule has 168 valence electrons. The van der Waals surface area contributed by atoms with Gasteiger partial charge in [0.1, 0.15) is 5.65 Å². The maximum atomic E-state index is 14.1. The first kappa shape index (κ1) is 21.7. The van der Waals surface area contributed by atoms with E-state index in [1.165, 1.54) is 0 Å². The van der Waals surface area contributed by atoms with Crippen molar-refractivity contribution in [2.24, 2.45) is 0 Å². The second-order valence-electron chi connectivity index (χ2n) is 7.71. The molecule has 3 aromatic heterocycles. The van der Waals surface area contributed by atoms with E-state index in [4.69, 9.17) is 23.2 Å². The maximum Gasteiger partial charge on any atom is 0.320 e. The van der Waals surface area contributed by atoms with Crippen molar-refractivity contribution in [1.82, 2.24) is 19.3 Å². The molecule has 1 N–H and O–H groups in total. The summed E-state index contributed by atoms with van der Waals surface area (Å²) in [6.07, 6.45) is 1.71. The average Bonchev–Trinajstić information content (AvgIpc) is 3.36. The Kier molecular flexibility index (Phi) is 5.26. The lowest BCUT2D eigenvalue weighted by Gasteiger charge is -2.10. The molecule has 33 heavy (non-hydrogen) atoms. The number of pyridine rings is 1. The summed E-state index contributed by atoms with van der Waals surface area (Å²) in [4.78, 5) is 15.6. The van der Waals surface area contributed by atoms with Gasteiger partial charge in [0.25, 0.3) is 5.56 Å². The smallest absolute Gasteiger partial charge is 0.307 e. The van der Waals surface area contributed by atoms with Crippen molar-refractivity contribution in [3.63, 3.8) is 0 Å². The standard InChI is InChI=1S/C24H18Cl2F2N4O/c1-3-31-19(8-9-29-31)14-6-7-20-21(12(14)2)17-11-16(15-5-4-13(25)10-18(15)26)23(33)30-22(17)32(20)24(27)28/h4-11,24H,3H2,1-2H3,(H,30,33). The number of halogens is 4. The highest BCUT2D eigenvalue weighted by Gasteiger charge is 2.23. The largest absolute Gasteiger partial charge is 0.320 e. The third-order valence-electron chi connectivity index (χ3n) is 5.94. The zero-order valence-corrected chi connectivity index (χ0v) is 19.2. The number of hydrogen-bond donors (Lipinski definition) is 1. The lowest BCUT2D eigenvalue weighted by Crippen LogP contribution is -2.11. The van der Waals surface area contributed by atoms with Gasteiger partial charge in [-0.1, -0.05) is 35.3 Å². The van der Waals surface area contributed by atoms with E-state index in [0.29, 0.717) is 38.4 Å². The van der Waals surface area contributed by atoms with Gasteiger partial charge in [-0.05, 0) is 49.7 Å². The highest BCUT2D eigenvalue weighted by molar-refractivity contribution is 6.36. The van der Waals surface area contributed by atoms with E-state index in [1.807, 2.05) is 30.7 Å². The number of aryl methyl sites for hydroxylation is 2. The van der Waals surface area contributed by atoms with Crippen molar-refractivity contribution < 1.29 is 8.78 Å². The van der Waals surface area contributed by atoms with Crippen LogP contribution in [-0.4, -0.2) is 19.3 Å². The average molecular weight is 487 g/mol. The Morgan fingerprint density at radius 3 is 2.52 bits per heavy atom. The highest BCUT2D eigenvalue weighted by Crippen LogP contribution is 2.39. The van der Waals surface area contributed by atoms with Gasteiger partial charge in [-0.2, -0.15) is 13.9 Å². The zero-order valence-electron chi connectivity index (χ0n) is 17.7. The fourth-order valence-corrected chi connectivity index (χ4v) is 4.97. The molecule has 0 spiro atoms. The van der Waals surface area contributed by atoms with Crippen LogP contribution in [0, 0.1) is 6.92 Å². The Morgan fingerprint density at radius 2 is 1.82 bits per heavy atom. The molecule has 0 saturated carbocycles. The summed E-state index contributed by atoms with van der Waals surface area (Å²) in [7, 11) is 0. The summed E-state index contributed by atoms with van der Waals surface area (Å²) in [5, 5.41) is 6.20. The highest BCUT2D eigenvalue weighted by atomic mass is 35.5. The normalized spacial score (nSPS) is 11.8. The molecule has 2 aromatic carbocycles. The van der Waals surface area contributed by atoms with Crippen molar-refractivity contribution >= 4 is 45.1 Å². The van der Waals surface area contributed by atoms with Crippen LogP contribution in [-0.2, 0) is 6.54 Å². The molecule has 5 aromatic rings. The van der Waals surface area contributed by atoms with Crippen LogP contribution in [0.25, 0.3) is 44.3 Å². The van der Waals surface area contributed by atoms with Gasteiger partial charge >= 0.3 is 6.55 Å². The maximum absolute atomic E-state index is 14.1. The van der Waals surface area contributed by atoms with Crippen LogP contribution in [0.1, 0.15) is 19.0 Å². The minimum absolute atomic E-state index is 0.0584. The van der Waals surface area contributed by atoms with Crippen LogP contribution >= 0.6 is 23.2 Å². The molecular formula is C24H18Cl2F2N4O. The van der Waals surface area contributed by atoms with Crippen LogP contribution < -0.4 is 5.56 Å². The number of rotatable bonds is 4. The number of aromatic nitrogens is 4. The van der Waals surface area contributed by atoms with E-state index in [0.717, 1.165) is 21.4 Å². The van der Waals surface area contributed by atoms with Gasteiger partial charge in [0, 0.05) is 45.2 Å². The molecule has 5 rings (SSSR count). The first-order chi connectivity index (χ1) is 15.8. The predicted molar refractivity (Wildman–Crippen MR) is 128 cm³/mol. The van der Waals surface area contributed by atoms with Crippen molar-refractivity contribution in [1.29, 1.82) is 0 Å². The van der Waals surface area contributed by atoms with Crippen molar-refractivity contribution in [2.45, 2.75) is 26.9 Å². The second kappa shape index (κ2) is 8.01. The first-order valence-electron chi connectivity index (χ1n) is 10.3. The molecule has 5 nitrogen and oxygen atoms in total. The number of benzene rings is 2. The molecule has 0 unspecified atom stereocenters. The van der Waals surface area contributed by atoms with Gasteiger partial charge in [-0.25, -0.2) is 0 Å². The number of aromatic amines is 1. The number of nitrogens with one attached hydrogen (secondary N) is 1. The Morgan fingerprint density at radius 1 is 1.06 bits per heavy atom. The molecular weight excluding hydrogens is 469 g/mol. The quantitative estimate of drug-likeness (QED) is 0.296. The number of nitrogens with zero attached hydrogens (tertiary/aromatic N) is 3. The fourth-order valence-electron chi connectivity index (χ4n) is 4.46. The van der Waals surface area contributed by atoms with Gasteiger partial charge in [-0.3, -0.25) is 14.0 Å². The van der Waals surface area contributed by atoms with Gasteiger partial charge in [-0.15, -0.1) is 0 Å². The predicted octanol–water partition coefficient (Wildman–Crippen LogP) is 7.04. The Bertz CT molecular complexity index is 1600. The summed E-state index contributed by atoms with van der Waals surface area (Å²) >= 11 is 12.3. The zero-order chi connectivity index (χ0) is 23.4. The molecule has 0 atom stereocenters. The SMILES string of the molecule is CCn1nccc1-c1ccc2c(c1C)c1cc(-c3ccc(Cl)cc3Cl)c(=O)[nH]c1n2C(F)F. The topological polar surface area (TPSA) is 55.6 Å². The number of H-pyrrole nitrogens is 1. The summed E-state index contributed by atoms with van der Waals surface area (Å²) in [5.74, 6) is 0. The summed E-state index contributed by atoms with van der Waals surface area (Å²) < 4.78 is 31.0. The fraction of sp³-hybridized carbons (Fsp3) is 0.167. The van der Waals surface area contributed by atoms with E-state index in [2.05, 4.69) is 10.1 Å². The molecule has 3 heterocycles. The lowest BCUT2D eigenvalue weighted by molar-refractivity contribution is 0.0790. The third kappa shape index (κ3) is 3.34. The molecule has 0 aliphatic rings. The number of fused-ring (bicyclic) bond motifs is 3. The molecule has 0 amide bonds. The molecule has 0 saturated heterocycles. The Labute approximate surface area is 197 Å². The van der Waals surface area contributed by atoms with Crippen LogP contribution in [0.2, 0.25) is 10.0 Å². The van der Waals surface area contributed by atoms with Crippen LogP contribution in [0.3, 0.4) is 0 Å². The van der Waals surface area contributed by atoms with Crippen LogP contribution in [0.5, 0.6) is 0 Å². The van der Waals surface area contributed by atoms with Crippen molar-refractivity contribution in [3.8, 4) is 22.4 Å². The summed E-state index contributed by atoms with van der Waals surface area (Å²) in [6, 6.07) is 11.8. The Hall–Kier alpha value is -3.16. The number of alkyl halides is 2. The summed E-state index contributed by atoms with van der Waals surface area (Å²) in [5.41, 5.74) is 3.21.